The van der Waals surface area contributed by atoms with Gasteiger partial charge in [0.2, 0.25) is 5.91 Å². The van der Waals surface area contributed by atoms with E-state index >= 15 is 0 Å². The molecular formula is C19H25N2O7-. The number of carbonyl (C=O) groups is 4. The Balaban J connectivity index is 2.67. The van der Waals surface area contributed by atoms with E-state index < -0.39 is 35.6 Å². The third-order valence-electron chi connectivity index (χ3n) is 3.41. The van der Waals surface area contributed by atoms with Crippen molar-refractivity contribution in [3.63, 3.8) is 0 Å². The summed E-state index contributed by atoms with van der Waals surface area (Å²) >= 11 is 0. The van der Waals surface area contributed by atoms with E-state index in [1.807, 2.05) is 0 Å². The van der Waals surface area contributed by atoms with Gasteiger partial charge in [0.15, 0.2) is 0 Å². The molecule has 0 spiro atoms. The van der Waals surface area contributed by atoms with Gasteiger partial charge in [-0.25, -0.2) is 9.59 Å². The number of amides is 2. The molecule has 0 aliphatic heterocycles. The predicted octanol–water partition coefficient (Wildman–Crippen LogP) is 0.181. The molecule has 0 radical (unpaired) electrons. The van der Waals surface area contributed by atoms with E-state index in [4.69, 9.17) is 15.2 Å². The smallest absolute Gasteiger partial charge is 0.408 e. The highest BCUT2D eigenvalue weighted by Gasteiger charge is 2.26. The Morgan fingerprint density at radius 1 is 1.11 bits per heavy atom. The second-order valence-electron chi connectivity index (χ2n) is 7.18. The topological polar surface area (TPSA) is 148 Å². The van der Waals surface area contributed by atoms with Gasteiger partial charge in [-0.1, -0.05) is 24.3 Å². The fraction of sp³-hybridized carbons (Fsp3) is 0.474. The van der Waals surface area contributed by atoms with E-state index in [-0.39, 0.29) is 25.9 Å². The summed E-state index contributed by atoms with van der Waals surface area (Å²) in [5.74, 6) is -2.55. The average Bonchev–Trinajstić information content (AvgIpc) is 2.55. The van der Waals surface area contributed by atoms with Gasteiger partial charge in [-0.3, -0.25) is 4.79 Å². The van der Waals surface area contributed by atoms with E-state index in [1.54, 1.807) is 45.0 Å². The highest BCUT2D eigenvalue weighted by atomic mass is 16.6. The maximum atomic E-state index is 12.3. The Morgan fingerprint density at radius 3 is 2.18 bits per heavy atom. The highest BCUT2D eigenvalue weighted by molar-refractivity contribution is 5.82. The van der Waals surface area contributed by atoms with E-state index in [9.17, 15) is 24.3 Å². The van der Waals surface area contributed by atoms with Crippen LogP contribution in [0.2, 0.25) is 0 Å². The maximum Gasteiger partial charge on any atom is 0.408 e. The number of carboxylic acid groups (broad SMARTS) is 1. The third-order valence-corrected chi connectivity index (χ3v) is 3.41. The van der Waals surface area contributed by atoms with Crippen molar-refractivity contribution in [3.05, 3.63) is 35.4 Å². The summed E-state index contributed by atoms with van der Waals surface area (Å²) in [6, 6.07) is 5.31. The molecule has 0 bridgehead atoms. The lowest BCUT2D eigenvalue weighted by Crippen LogP contribution is -2.44. The number of primary amides is 1. The van der Waals surface area contributed by atoms with Gasteiger partial charge in [0.25, 0.3) is 0 Å². The van der Waals surface area contributed by atoms with Crippen molar-refractivity contribution >= 4 is 23.9 Å². The van der Waals surface area contributed by atoms with Gasteiger partial charge in [0.1, 0.15) is 18.2 Å². The van der Waals surface area contributed by atoms with Gasteiger partial charge in [-0.15, -0.1) is 0 Å². The molecule has 3 N–H and O–H groups in total. The van der Waals surface area contributed by atoms with Crippen LogP contribution in [0.4, 0.5) is 4.79 Å². The van der Waals surface area contributed by atoms with Crippen molar-refractivity contribution in [1.82, 2.24) is 5.32 Å². The summed E-state index contributed by atoms with van der Waals surface area (Å²) in [4.78, 5) is 45.8. The van der Waals surface area contributed by atoms with Crippen molar-refractivity contribution in [1.29, 1.82) is 0 Å². The maximum absolute atomic E-state index is 12.3. The average molecular weight is 393 g/mol. The lowest BCUT2D eigenvalue weighted by atomic mass is 10.1. The first-order chi connectivity index (χ1) is 13.0. The van der Waals surface area contributed by atoms with E-state index in [1.165, 1.54) is 0 Å². The summed E-state index contributed by atoms with van der Waals surface area (Å²) in [5.41, 5.74) is 5.53. The summed E-state index contributed by atoms with van der Waals surface area (Å²) < 4.78 is 10.3. The highest BCUT2D eigenvalue weighted by Crippen LogP contribution is 2.10. The van der Waals surface area contributed by atoms with Gasteiger partial charge in [0, 0.05) is 18.8 Å². The molecule has 0 unspecified atom stereocenters. The molecule has 1 rings (SSSR count). The van der Waals surface area contributed by atoms with Crippen molar-refractivity contribution in [2.45, 2.75) is 58.3 Å². The third kappa shape index (κ3) is 9.56. The molecule has 1 aromatic carbocycles. The SMILES string of the molecule is CC(C)(C)OC(=O)N[C@@H](CCC(N)=O)C(=O)OCc1ccc(CC(=O)[O-])cc1. The number of alkyl carbamates (subject to hydrolysis) is 1. The summed E-state index contributed by atoms with van der Waals surface area (Å²) in [7, 11) is 0. The van der Waals surface area contributed by atoms with Gasteiger partial charge in [-0.2, -0.15) is 0 Å². The molecule has 9 heteroatoms. The molecule has 154 valence electrons. The Kier molecular flexibility index (Phi) is 8.43. The molecule has 0 saturated heterocycles. The zero-order valence-electron chi connectivity index (χ0n) is 16.2. The number of hydrogen-bond acceptors (Lipinski definition) is 7. The van der Waals surface area contributed by atoms with Crippen LogP contribution in [0.5, 0.6) is 0 Å². The quantitative estimate of drug-likeness (QED) is 0.569. The van der Waals surface area contributed by atoms with Gasteiger partial charge in [0.05, 0.1) is 0 Å². The van der Waals surface area contributed by atoms with Gasteiger partial charge < -0.3 is 30.4 Å². The number of hydrogen-bond donors (Lipinski definition) is 2. The molecule has 0 fully saturated rings. The number of rotatable bonds is 9. The second kappa shape index (κ2) is 10.3. The Bertz CT molecular complexity index is 708. The first-order valence-corrected chi connectivity index (χ1v) is 8.68. The van der Waals surface area contributed by atoms with E-state index in [2.05, 4.69) is 5.32 Å². The van der Waals surface area contributed by atoms with Crippen molar-refractivity contribution in [2.75, 3.05) is 0 Å². The molecule has 2 amide bonds. The molecular weight excluding hydrogens is 368 g/mol. The molecule has 0 aliphatic rings. The first kappa shape index (κ1) is 22.9. The number of benzene rings is 1. The summed E-state index contributed by atoms with van der Waals surface area (Å²) in [6.45, 7) is 4.93. The molecule has 9 nitrogen and oxygen atoms in total. The molecule has 28 heavy (non-hydrogen) atoms. The number of carboxylic acids is 1. The molecule has 1 aromatic rings. The first-order valence-electron chi connectivity index (χ1n) is 8.68. The molecule has 0 heterocycles. The summed E-state index contributed by atoms with van der Waals surface area (Å²) in [6.07, 6.45) is -1.17. The van der Waals surface area contributed by atoms with Crippen LogP contribution >= 0.6 is 0 Å². The standard InChI is InChI=1S/C19H26N2O7/c1-19(2,3)28-18(26)21-14(8-9-15(20)22)17(25)27-11-13-6-4-12(5-7-13)10-16(23)24/h4-7,14H,8-11H2,1-3H3,(H2,20,22)(H,21,26)(H,23,24)/p-1/t14-/m0/s1. The lowest BCUT2D eigenvalue weighted by molar-refractivity contribution is -0.304. The van der Waals surface area contributed by atoms with Crippen LogP contribution in [-0.2, 0) is 36.9 Å². The largest absolute Gasteiger partial charge is 0.550 e. The van der Waals surface area contributed by atoms with E-state index in [0.29, 0.717) is 11.1 Å². The molecule has 0 saturated carbocycles. The van der Waals surface area contributed by atoms with Crippen LogP contribution in [-0.4, -0.2) is 35.6 Å². The Morgan fingerprint density at radius 2 is 1.68 bits per heavy atom. The number of aliphatic carboxylic acids is 1. The van der Waals surface area contributed by atoms with Crippen molar-refractivity contribution in [2.24, 2.45) is 5.73 Å². The zero-order valence-corrected chi connectivity index (χ0v) is 16.2. The normalized spacial score (nSPS) is 12.0. The van der Waals surface area contributed by atoms with Crippen molar-refractivity contribution < 1.29 is 33.8 Å². The number of carbonyl (C=O) groups excluding carboxylic acids is 4. The predicted molar refractivity (Wildman–Crippen MR) is 96.5 cm³/mol. The van der Waals surface area contributed by atoms with Gasteiger partial charge in [-0.05, 0) is 38.3 Å². The Hall–Kier alpha value is -3.10. The minimum absolute atomic E-state index is 0.0298. The fourth-order valence-corrected chi connectivity index (χ4v) is 2.16. The number of esters is 1. The molecule has 1 atom stereocenters. The number of nitrogens with one attached hydrogen (secondary N) is 1. The number of nitrogens with two attached hydrogens (primary N) is 1. The van der Waals surface area contributed by atoms with Crippen molar-refractivity contribution in [3.8, 4) is 0 Å². The van der Waals surface area contributed by atoms with Crippen LogP contribution in [0.15, 0.2) is 24.3 Å². The number of ether oxygens (including phenoxy) is 2. The van der Waals surface area contributed by atoms with Crippen LogP contribution in [0.25, 0.3) is 0 Å². The second-order valence-corrected chi connectivity index (χ2v) is 7.18. The lowest BCUT2D eigenvalue weighted by Gasteiger charge is -2.22. The summed E-state index contributed by atoms with van der Waals surface area (Å²) in [5, 5.41) is 12.9. The van der Waals surface area contributed by atoms with E-state index in [0.717, 1.165) is 0 Å². The minimum atomic E-state index is -1.19. The van der Waals surface area contributed by atoms with Gasteiger partial charge >= 0.3 is 12.1 Å². The van der Waals surface area contributed by atoms with Crippen LogP contribution in [0.1, 0.15) is 44.7 Å². The zero-order chi connectivity index (χ0) is 21.3. The Labute approximate surface area is 163 Å². The fourth-order valence-electron chi connectivity index (χ4n) is 2.16. The van der Waals surface area contributed by atoms with Crippen LogP contribution < -0.4 is 16.2 Å². The van der Waals surface area contributed by atoms with Crippen LogP contribution in [0, 0.1) is 0 Å². The van der Waals surface area contributed by atoms with Crippen LogP contribution in [0.3, 0.4) is 0 Å². The molecule has 0 aliphatic carbocycles. The molecule has 0 aromatic heterocycles. The minimum Gasteiger partial charge on any atom is -0.550 e. The monoisotopic (exact) mass is 393 g/mol.